The van der Waals surface area contributed by atoms with E-state index in [9.17, 15) is 8.42 Å². The topological polar surface area (TPSA) is 46.6 Å². The number of anilines is 1. The molecule has 2 aromatic rings. The zero-order valence-electron chi connectivity index (χ0n) is 12.9. The minimum atomic E-state index is -3.63. The summed E-state index contributed by atoms with van der Waals surface area (Å²) in [6.45, 7) is 3.88. The number of aryl methyl sites for hydroxylation is 2. The number of nitrogens with zero attached hydrogens (tertiary/aromatic N) is 1. The van der Waals surface area contributed by atoms with Crippen LogP contribution in [-0.2, 0) is 10.0 Å². The van der Waals surface area contributed by atoms with Crippen LogP contribution in [-0.4, -0.2) is 22.6 Å². The normalized spacial score (nSPS) is 11.3. The maximum Gasteiger partial charge on any atom is 0.264 e. The third-order valence-corrected chi connectivity index (χ3v) is 5.86. The fraction of sp³-hybridized carbons (Fsp3) is 0.250. The molecule has 0 saturated carbocycles. The average molecular weight is 384 g/mol. The molecule has 0 N–H and O–H groups in total. The molecule has 0 aliphatic carbocycles. The van der Waals surface area contributed by atoms with Gasteiger partial charge in [0.05, 0.1) is 22.2 Å². The highest BCUT2D eigenvalue weighted by atomic mass is 79.9. The second-order valence-corrected chi connectivity index (χ2v) is 7.88. The Morgan fingerprint density at radius 1 is 1.09 bits per heavy atom. The second kappa shape index (κ2) is 6.30. The first-order chi connectivity index (χ1) is 10.3. The monoisotopic (exact) mass is 383 g/mol. The van der Waals surface area contributed by atoms with Crippen molar-refractivity contribution in [2.45, 2.75) is 18.7 Å². The van der Waals surface area contributed by atoms with Gasteiger partial charge < -0.3 is 4.74 Å². The lowest BCUT2D eigenvalue weighted by Crippen LogP contribution is -2.27. The fourth-order valence-corrected chi connectivity index (χ4v) is 4.23. The van der Waals surface area contributed by atoms with Crippen molar-refractivity contribution in [1.29, 1.82) is 0 Å². The Kier molecular flexibility index (Phi) is 4.82. The first-order valence-corrected chi connectivity index (χ1v) is 8.90. The lowest BCUT2D eigenvalue weighted by atomic mass is 10.1. The number of hydrogen-bond donors (Lipinski definition) is 0. The summed E-state index contributed by atoms with van der Waals surface area (Å²) in [7, 11) is -0.529. The van der Waals surface area contributed by atoms with E-state index in [4.69, 9.17) is 4.74 Å². The molecule has 2 rings (SSSR count). The van der Waals surface area contributed by atoms with E-state index in [0.717, 1.165) is 11.1 Å². The highest BCUT2D eigenvalue weighted by molar-refractivity contribution is 9.10. The molecule has 22 heavy (non-hydrogen) atoms. The predicted octanol–water partition coefficient (Wildman–Crippen LogP) is 3.90. The highest BCUT2D eigenvalue weighted by Crippen LogP contribution is 2.31. The summed E-state index contributed by atoms with van der Waals surface area (Å²) in [5.41, 5.74) is 2.68. The highest BCUT2D eigenvalue weighted by Gasteiger charge is 2.23. The lowest BCUT2D eigenvalue weighted by Gasteiger charge is -2.22. The first-order valence-electron chi connectivity index (χ1n) is 6.67. The minimum Gasteiger partial charge on any atom is -0.496 e. The average Bonchev–Trinajstić information content (AvgIpc) is 2.46. The summed E-state index contributed by atoms with van der Waals surface area (Å²) in [4.78, 5) is 0.211. The Balaban J connectivity index is 2.47. The van der Waals surface area contributed by atoms with E-state index in [0.29, 0.717) is 15.9 Å². The Bertz CT molecular complexity index is 803. The van der Waals surface area contributed by atoms with Crippen LogP contribution in [0, 0.1) is 13.8 Å². The van der Waals surface area contributed by atoms with Crippen molar-refractivity contribution in [3.63, 3.8) is 0 Å². The molecule has 0 unspecified atom stereocenters. The first kappa shape index (κ1) is 16.8. The van der Waals surface area contributed by atoms with Gasteiger partial charge in [-0.3, -0.25) is 4.31 Å². The summed E-state index contributed by atoms with van der Waals surface area (Å²) < 4.78 is 32.6. The molecule has 2 aromatic carbocycles. The molecule has 6 heteroatoms. The predicted molar refractivity (Wildman–Crippen MR) is 92.2 cm³/mol. The Morgan fingerprint density at radius 2 is 1.77 bits per heavy atom. The summed E-state index contributed by atoms with van der Waals surface area (Å²) in [6, 6.07) is 10.4. The molecule has 4 nitrogen and oxygen atoms in total. The largest absolute Gasteiger partial charge is 0.496 e. The zero-order valence-corrected chi connectivity index (χ0v) is 15.3. The molecule has 0 saturated heterocycles. The van der Waals surface area contributed by atoms with Crippen LogP contribution in [0.25, 0.3) is 0 Å². The van der Waals surface area contributed by atoms with Crippen LogP contribution in [0.1, 0.15) is 11.1 Å². The van der Waals surface area contributed by atoms with E-state index < -0.39 is 10.0 Å². The van der Waals surface area contributed by atoms with Gasteiger partial charge in [0.2, 0.25) is 0 Å². The fourth-order valence-electron chi connectivity index (χ4n) is 2.25. The number of methoxy groups -OCH3 is 1. The molecule has 0 heterocycles. The van der Waals surface area contributed by atoms with Gasteiger partial charge in [0.15, 0.2) is 0 Å². The van der Waals surface area contributed by atoms with Crippen molar-refractivity contribution in [1.82, 2.24) is 0 Å². The van der Waals surface area contributed by atoms with Gasteiger partial charge in [-0.25, -0.2) is 8.42 Å². The van der Waals surface area contributed by atoms with Gasteiger partial charge >= 0.3 is 0 Å². The van der Waals surface area contributed by atoms with E-state index in [-0.39, 0.29) is 4.90 Å². The minimum absolute atomic E-state index is 0.211. The van der Waals surface area contributed by atoms with Gasteiger partial charge in [0.1, 0.15) is 5.75 Å². The third kappa shape index (κ3) is 3.13. The Labute approximate surface area is 139 Å². The van der Waals surface area contributed by atoms with Crippen LogP contribution in [0.15, 0.2) is 45.8 Å². The molecular weight excluding hydrogens is 366 g/mol. The molecule has 0 aliphatic rings. The van der Waals surface area contributed by atoms with Crippen LogP contribution in [0.4, 0.5) is 5.69 Å². The maximum absolute atomic E-state index is 12.8. The number of hydrogen-bond acceptors (Lipinski definition) is 3. The van der Waals surface area contributed by atoms with Gasteiger partial charge in [-0.1, -0.05) is 17.7 Å². The third-order valence-electron chi connectivity index (χ3n) is 3.47. The molecule has 0 aromatic heterocycles. The zero-order chi connectivity index (χ0) is 16.5. The molecule has 118 valence electrons. The number of halogens is 1. The number of benzene rings is 2. The molecule has 0 fully saturated rings. The van der Waals surface area contributed by atoms with E-state index in [1.54, 1.807) is 25.2 Å². The van der Waals surface area contributed by atoms with Crippen molar-refractivity contribution in [2.24, 2.45) is 0 Å². The van der Waals surface area contributed by atoms with Crippen molar-refractivity contribution in [3.8, 4) is 5.75 Å². The van der Waals surface area contributed by atoms with Gasteiger partial charge in [0, 0.05) is 7.05 Å². The van der Waals surface area contributed by atoms with E-state index in [1.165, 1.54) is 11.4 Å². The summed E-state index contributed by atoms with van der Waals surface area (Å²) >= 11 is 3.32. The SMILES string of the molecule is COc1ccc(S(=O)(=O)N(C)c2ccc(C)cc2C)cc1Br. The smallest absolute Gasteiger partial charge is 0.264 e. The standard InChI is InChI=1S/C16H18BrNO3S/c1-11-5-7-15(12(2)9-11)18(3)22(19,20)13-6-8-16(21-4)14(17)10-13/h5-10H,1-4H3. The lowest BCUT2D eigenvalue weighted by molar-refractivity contribution is 0.411. The molecule has 0 radical (unpaired) electrons. The van der Waals surface area contributed by atoms with Gasteiger partial charge in [-0.2, -0.15) is 0 Å². The molecule has 0 bridgehead atoms. The summed E-state index contributed by atoms with van der Waals surface area (Å²) in [5.74, 6) is 0.591. The number of sulfonamides is 1. The molecular formula is C16H18BrNO3S. The van der Waals surface area contributed by atoms with E-state index >= 15 is 0 Å². The van der Waals surface area contributed by atoms with E-state index in [1.807, 2.05) is 32.0 Å². The van der Waals surface area contributed by atoms with Crippen molar-refractivity contribution < 1.29 is 13.2 Å². The van der Waals surface area contributed by atoms with E-state index in [2.05, 4.69) is 15.9 Å². The Morgan fingerprint density at radius 3 is 2.32 bits per heavy atom. The quantitative estimate of drug-likeness (QED) is 0.803. The van der Waals surface area contributed by atoms with Crippen molar-refractivity contribution >= 4 is 31.6 Å². The van der Waals surface area contributed by atoms with Gasteiger partial charge in [-0.05, 0) is 59.6 Å². The summed E-state index contributed by atoms with van der Waals surface area (Å²) in [5, 5.41) is 0. The molecule has 0 atom stereocenters. The number of rotatable bonds is 4. The van der Waals surface area contributed by atoms with Crippen LogP contribution in [0.3, 0.4) is 0 Å². The van der Waals surface area contributed by atoms with Gasteiger partial charge in [0.25, 0.3) is 10.0 Å². The van der Waals surface area contributed by atoms with Gasteiger partial charge in [-0.15, -0.1) is 0 Å². The van der Waals surface area contributed by atoms with Crippen molar-refractivity contribution in [3.05, 3.63) is 52.0 Å². The van der Waals surface area contributed by atoms with Crippen LogP contribution in [0.2, 0.25) is 0 Å². The molecule has 0 amide bonds. The maximum atomic E-state index is 12.8. The summed E-state index contributed by atoms with van der Waals surface area (Å²) in [6.07, 6.45) is 0. The Hall–Kier alpha value is -1.53. The molecule has 0 aliphatic heterocycles. The number of ether oxygens (including phenoxy) is 1. The second-order valence-electron chi connectivity index (χ2n) is 5.06. The van der Waals surface area contributed by atoms with Crippen LogP contribution >= 0.6 is 15.9 Å². The van der Waals surface area contributed by atoms with Crippen LogP contribution in [0.5, 0.6) is 5.75 Å². The molecule has 0 spiro atoms. The van der Waals surface area contributed by atoms with Crippen molar-refractivity contribution in [2.75, 3.05) is 18.5 Å². The van der Waals surface area contributed by atoms with Crippen LogP contribution < -0.4 is 9.04 Å².